The molecule has 1 unspecified atom stereocenters. The summed E-state index contributed by atoms with van der Waals surface area (Å²) >= 11 is 0. The number of para-hydroxylation sites is 1. The maximum Gasteiger partial charge on any atom is 0.146 e. The Bertz CT molecular complexity index is 511. The maximum absolute atomic E-state index is 13.4. The van der Waals surface area contributed by atoms with Crippen LogP contribution in [0.1, 0.15) is 18.5 Å². The molecule has 0 aliphatic heterocycles. The molecule has 2 aromatic carbocycles. The van der Waals surface area contributed by atoms with Crippen molar-refractivity contribution in [1.82, 2.24) is 0 Å². The second-order valence-electron chi connectivity index (χ2n) is 3.90. The molecule has 3 heteroatoms. The molecule has 0 aromatic heterocycles. The third-order valence-electron chi connectivity index (χ3n) is 2.59. The van der Waals surface area contributed by atoms with Gasteiger partial charge in [0.25, 0.3) is 0 Å². The van der Waals surface area contributed by atoms with Gasteiger partial charge in [-0.1, -0.05) is 24.3 Å². The lowest BCUT2D eigenvalue weighted by Gasteiger charge is -2.16. The van der Waals surface area contributed by atoms with Crippen LogP contribution in [0.5, 0.6) is 0 Å². The van der Waals surface area contributed by atoms with Crippen LogP contribution >= 0.6 is 0 Å². The average Bonchev–Trinajstić information content (AvgIpc) is 2.32. The maximum atomic E-state index is 13.4. The van der Waals surface area contributed by atoms with E-state index in [1.165, 1.54) is 18.2 Å². The fourth-order valence-electron chi connectivity index (χ4n) is 1.67. The number of benzene rings is 2. The molecular weight excluding hydrogens is 220 g/mol. The third kappa shape index (κ3) is 2.81. The summed E-state index contributed by atoms with van der Waals surface area (Å²) in [5.74, 6) is -0.597. The lowest BCUT2D eigenvalue weighted by Crippen LogP contribution is -2.08. The van der Waals surface area contributed by atoms with E-state index in [1.54, 1.807) is 24.3 Å². The number of anilines is 1. The zero-order valence-electron chi connectivity index (χ0n) is 9.45. The quantitative estimate of drug-likeness (QED) is 0.840. The van der Waals surface area contributed by atoms with Crippen molar-refractivity contribution in [1.29, 1.82) is 0 Å². The van der Waals surface area contributed by atoms with Crippen LogP contribution in [0.3, 0.4) is 0 Å². The van der Waals surface area contributed by atoms with Gasteiger partial charge in [0.2, 0.25) is 0 Å². The molecule has 0 bridgehead atoms. The van der Waals surface area contributed by atoms with Gasteiger partial charge in [-0.2, -0.15) is 0 Å². The molecule has 1 atom stereocenters. The number of rotatable bonds is 3. The van der Waals surface area contributed by atoms with Gasteiger partial charge in [-0.15, -0.1) is 0 Å². The summed E-state index contributed by atoms with van der Waals surface area (Å²) in [6.45, 7) is 1.86. The predicted molar refractivity (Wildman–Crippen MR) is 64.8 cm³/mol. The summed E-state index contributed by atoms with van der Waals surface area (Å²) in [5, 5.41) is 3.01. The molecule has 0 aliphatic carbocycles. The summed E-state index contributed by atoms with van der Waals surface area (Å²) in [4.78, 5) is 0. The highest BCUT2D eigenvalue weighted by atomic mass is 19.1. The minimum atomic E-state index is -0.309. The Kier molecular flexibility index (Phi) is 3.38. The van der Waals surface area contributed by atoms with E-state index >= 15 is 0 Å². The zero-order valence-corrected chi connectivity index (χ0v) is 9.45. The van der Waals surface area contributed by atoms with Gasteiger partial charge in [0.15, 0.2) is 0 Å². The van der Waals surface area contributed by atoms with Gasteiger partial charge < -0.3 is 5.32 Å². The van der Waals surface area contributed by atoms with Gasteiger partial charge in [0.1, 0.15) is 11.6 Å². The molecule has 0 spiro atoms. The summed E-state index contributed by atoms with van der Waals surface area (Å²) < 4.78 is 26.5. The van der Waals surface area contributed by atoms with E-state index in [2.05, 4.69) is 5.32 Å². The van der Waals surface area contributed by atoms with Crippen LogP contribution < -0.4 is 5.32 Å². The first-order chi connectivity index (χ1) is 8.16. The molecule has 0 saturated carbocycles. The lowest BCUT2D eigenvalue weighted by molar-refractivity contribution is 0.621. The predicted octanol–water partition coefficient (Wildman–Crippen LogP) is 4.14. The molecule has 0 saturated heterocycles. The van der Waals surface area contributed by atoms with Crippen molar-refractivity contribution >= 4 is 5.69 Å². The van der Waals surface area contributed by atoms with Crippen LogP contribution in [0.15, 0.2) is 48.5 Å². The van der Waals surface area contributed by atoms with Crippen LogP contribution in [0.2, 0.25) is 0 Å². The van der Waals surface area contributed by atoms with Gasteiger partial charge in [-0.25, -0.2) is 8.78 Å². The first kappa shape index (κ1) is 11.6. The SMILES string of the molecule is CC(Nc1ccccc1F)c1cccc(F)c1. The number of halogens is 2. The third-order valence-corrected chi connectivity index (χ3v) is 2.59. The van der Waals surface area contributed by atoms with E-state index in [1.807, 2.05) is 13.0 Å². The smallest absolute Gasteiger partial charge is 0.146 e. The highest BCUT2D eigenvalue weighted by Gasteiger charge is 2.08. The highest BCUT2D eigenvalue weighted by molar-refractivity contribution is 5.46. The normalized spacial score (nSPS) is 12.2. The number of hydrogen-bond acceptors (Lipinski definition) is 1. The van der Waals surface area contributed by atoms with Crippen molar-refractivity contribution in [3.63, 3.8) is 0 Å². The van der Waals surface area contributed by atoms with Gasteiger partial charge >= 0.3 is 0 Å². The van der Waals surface area contributed by atoms with E-state index in [4.69, 9.17) is 0 Å². The van der Waals surface area contributed by atoms with E-state index in [-0.39, 0.29) is 17.7 Å². The van der Waals surface area contributed by atoms with E-state index in [0.29, 0.717) is 5.69 Å². The minimum Gasteiger partial charge on any atom is -0.376 e. The van der Waals surface area contributed by atoms with Gasteiger partial charge in [-0.3, -0.25) is 0 Å². The van der Waals surface area contributed by atoms with Crippen molar-refractivity contribution in [2.24, 2.45) is 0 Å². The van der Waals surface area contributed by atoms with Crippen molar-refractivity contribution in [2.45, 2.75) is 13.0 Å². The molecule has 1 nitrogen and oxygen atoms in total. The molecule has 0 aliphatic rings. The van der Waals surface area contributed by atoms with Gasteiger partial charge in [-0.05, 0) is 36.8 Å². The monoisotopic (exact) mass is 233 g/mol. The van der Waals surface area contributed by atoms with Gasteiger partial charge in [0.05, 0.1) is 5.69 Å². The molecule has 0 amide bonds. The second-order valence-corrected chi connectivity index (χ2v) is 3.90. The Morgan fingerprint density at radius 3 is 2.47 bits per heavy atom. The summed E-state index contributed by atoms with van der Waals surface area (Å²) in [6.07, 6.45) is 0. The lowest BCUT2D eigenvalue weighted by atomic mass is 10.1. The van der Waals surface area contributed by atoms with E-state index in [9.17, 15) is 8.78 Å². The van der Waals surface area contributed by atoms with E-state index < -0.39 is 0 Å². The standard InChI is InChI=1S/C14H13F2N/c1-10(11-5-4-6-12(15)9-11)17-14-8-3-2-7-13(14)16/h2-10,17H,1H3. The van der Waals surface area contributed by atoms with Crippen molar-refractivity contribution < 1.29 is 8.78 Å². The van der Waals surface area contributed by atoms with Crippen LogP contribution in [-0.2, 0) is 0 Å². The molecule has 0 fully saturated rings. The Labute approximate surface area is 99.1 Å². The molecule has 2 rings (SSSR count). The zero-order chi connectivity index (χ0) is 12.3. The first-order valence-electron chi connectivity index (χ1n) is 5.43. The number of nitrogens with one attached hydrogen (secondary N) is 1. The van der Waals surface area contributed by atoms with Crippen LogP contribution in [0.4, 0.5) is 14.5 Å². The fraction of sp³-hybridized carbons (Fsp3) is 0.143. The Balaban J connectivity index is 2.17. The summed E-state index contributed by atoms with van der Waals surface area (Å²) in [6, 6.07) is 12.6. The first-order valence-corrected chi connectivity index (χ1v) is 5.43. The summed E-state index contributed by atoms with van der Waals surface area (Å²) in [5.41, 5.74) is 1.21. The molecule has 1 N–H and O–H groups in total. The number of hydrogen-bond donors (Lipinski definition) is 1. The molecule has 0 radical (unpaired) electrons. The Morgan fingerprint density at radius 2 is 1.76 bits per heavy atom. The van der Waals surface area contributed by atoms with Crippen molar-refractivity contribution in [2.75, 3.05) is 5.32 Å². The average molecular weight is 233 g/mol. The molecule has 2 aromatic rings. The molecule has 88 valence electrons. The fourth-order valence-corrected chi connectivity index (χ4v) is 1.67. The van der Waals surface area contributed by atoms with Crippen molar-refractivity contribution in [3.05, 3.63) is 65.7 Å². The topological polar surface area (TPSA) is 12.0 Å². The van der Waals surface area contributed by atoms with Crippen LogP contribution in [0.25, 0.3) is 0 Å². The molecule has 0 heterocycles. The molecule has 17 heavy (non-hydrogen) atoms. The molecular formula is C14H13F2N. The van der Waals surface area contributed by atoms with Crippen LogP contribution in [0, 0.1) is 11.6 Å². The minimum absolute atomic E-state index is 0.150. The largest absolute Gasteiger partial charge is 0.376 e. The highest BCUT2D eigenvalue weighted by Crippen LogP contribution is 2.21. The van der Waals surface area contributed by atoms with E-state index in [0.717, 1.165) is 5.56 Å². The van der Waals surface area contributed by atoms with Crippen LogP contribution in [-0.4, -0.2) is 0 Å². The Hall–Kier alpha value is -1.90. The van der Waals surface area contributed by atoms with Crippen molar-refractivity contribution in [3.8, 4) is 0 Å². The Morgan fingerprint density at radius 1 is 1.00 bits per heavy atom. The van der Waals surface area contributed by atoms with Gasteiger partial charge in [0, 0.05) is 6.04 Å². The summed E-state index contributed by atoms with van der Waals surface area (Å²) in [7, 11) is 0. The second kappa shape index (κ2) is 4.95.